The largest absolute Gasteiger partial charge is 0.398 e. The van der Waals surface area contributed by atoms with E-state index in [2.05, 4.69) is 26.2 Å². The van der Waals surface area contributed by atoms with Gasteiger partial charge in [-0.05, 0) is 45.8 Å². The summed E-state index contributed by atoms with van der Waals surface area (Å²) in [5, 5.41) is 8.57. The molecule has 0 radical (unpaired) electrons. The first kappa shape index (κ1) is 12.8. The van der Waals surface area contributed by atoms with Crippen LogP contribution >= 0.6 is 15.9 Å². The lowest BCUT2D eigenvalue weighted by molar-refractivity contribution is 0.601. The Bertz CT molecular complexity index is 844. The third-order valence-electron chi connectivity index (χ3n) is 3.02. The van der Waals surface area contributed by atoms with Crippen molar-refractivity contribution >= 4 is 32.5 Å². The fourth-order valence-electron chi connectivity index (χ4n) is 1.99. The molecule has 3 rings (SSSR count). The van der Waals surface area contributed by atoms with E-state index >= 15 is 0 Å². The van der Waals surface area contributed by atoms with Crippen molar-refractivity contribution in [2.45, 2.75) is 6.54 Å². The van der Waals surface area contributed by atoms with Crippen molar-refractivity contribution in [1.82, 2.24) is 15.0 Å². The number of anilines is 1. The Morgan fingerprint density at radius 1 is 1.20 bits per heavy atom. The van der Waals surface area contributed by atoms with Crippen LogP contribution in [0.3, 0.4) is 0 Å². The number of benzene rings is 2. The molecule has 2 N–H and O–H groups in total. The quantitative estimate of drug-likeness (QED) is 0.731. The van der Waals surface area contributed by atoms with E-state index in [1.54, 1.807) is 12.1 Å². The average Bonchev–Trinajstić information content (AvgIpc) is 2.46. The SMILES string of the molecule is Nc1cc(Cn2nnc3ccccc3c2=O)ccc1Br. The second-order valence-corrected chi connectivity index (χ2v) is 5.28. The van der Waals surface area contributed by atoms with Crippen LogP contribution in [0.5, 0.6) is 0 Å². The van der Waals surface area contributed by atoms with Gasteiger partial charge in [-0.1, -0.05) is 23.4 Å². The highest BCUT2D eigenvalue weighted by Crippen LogP contribution is 2.20. The van der Waals surface area contributed by atoms with Gasteiger partial charge in [-0.3, -0.25) is 4.79 Å². The van der Waals surface area contributed by atoms with Gasteiger partial charge in [-0.25, -0.2) is 4.68 Å². The molecule has 0 aliphatic heterocycles. The zero-order valence-corrected chi connectivity index (χ0v) is 12.0. The van der Waals surface area contributed by atoms with E-state index in [1.807, 2.05) is 30.3 Å². The highest BCUT2D eigenvalue weighted by molar-refractivity contribution is 9.10. The number of nitrogen functional groups attached to an aromatic ring is 1. The van der Waals surface area contributed by atoms with Crippen LogP contribution in [0.4, 0.5) is 5.69 Å². The first-order valence-electron chi connectivity index (χ1n) is 6.01. The van der Waals surface area contributed by atoms with E-state index in [-0.39, 0.29) is 5.56 Å². The Morgan fingerprint density at radius 2 is 2.00 bits per heavy atom. The molecule has 0 unspecified atom stereocenters. The van der Waals surface area contributed by atoms with Crippen LogP contribution in [0.25, 0.3) is 10.9 Å². The Labute approximate surface area is 123 Å². The van der Waals surface area contributed by atoms with Crippen LogP contribution < -0.4 is 11.3 Å². The molecule has 20 heavy (non-hydrogen) atoms. The number of rotatable bonds is 2. The zero-order valence-electron chi connectivity index (χ0n) is 10.5. The van der Waals surface area contributed by atoms with E-state index in [9.17, 15) is 4.79 Å². The van der Waals surface area contributed by atoms with Crippen molar-refractivity contribution in [3.05, 3.63) is 62.9 Å². The van der Waals surface area contributed by atoms with Crippen molar-refractivity contribution in [2.24, 2.45) is 0 Å². The fraction of sp³-hybridized carbons (Fsp3) is 0.0714. The molecule has 1 heterocycles. The number of nitrogens with zero attached hydrogens (tertiary/aromatic N) is 3. The van der Waals surface area contributed by atoms with E-state index in [0.29, 0.717) is 23.1 Å². The molecule has 0 amide bonds. The van der Waals surface area contributed by atoms with Crippen LogP contribution in [0.1, 0.15) is 5.56 Å². The minimum atomic E-state index is -0.155. The molecule has 0 aliphatic rings. The maximum atomic E-state index is 12.3. The first-order chi connectivity index (χ1) is 9.65. The molecule has 1 aromatic heterocycles. The number of nitrogens with two attached hydrogens (primary N) is 1. The molecule has 2 aromatic carbocycles. The normalized spacial score (nSPS) is 10.8. The van der Waals surface area contributed by atoms with E-state index in [0.717, 1.165) is 10.0 Å². The van der Waals surface area contributed by atoms with Crippen LogP contribution in [0, 0.1) is 0 Å². The van der Waals surface area contributed by atoms with Crippen molar-refractivity contribution in [3.8, 4) is 0 Å². The summed E-state index contributed by atoms with van der Waals surface area (Å²) < 4.78 is 2.17. The highest BCUT2D eigenvalue weighted by atomic mass is 79.9. The molecule has 0 spiro atoms. The van der Waals surface area contributed by atoms with E-state index in [4.69, 9.17) is 5.73 Å². The molecule has 100 valence electrons. The standard InChI is InChI=1S/C14H11BrN4O/c15-11-6-5-9(7-12(11)16)8-19-14(20)10-3-1-2-4-13(10)17-18-19/h1-7H,8,16H2. The first-order valence-corrected chi connectivity index (χ1v) is 6.81. The predicted molar refractivity (Wildman–Crippen MR) is 81.5 cm³/mol. The predicted octanol–water partition coefficient (Wildman–Crippen LogP) is 2.18. The minimum absolute atomic E-state index is 0.155. The summed E-state index contributed by atoms with van der Waals surface area (Å²) in [4.78, 5) is 12.3. The number of halogens is 1. The minimum Gasteiger partial charge on any atom is -0.398 e. The molecule has 0 saturated heterocycles. The summed E-state index contributed by atoms with van der Waals surface area (Å²) in [7, 11) is 0. The monoisotopic (exact) mass is 330 g/mol. The maximum Gasteiger partial charge on any atom is 0.277 e. The lowest BCUT2D eigenvalue weighted by Crippen LogP contribution is -2.24. The van der Waals surface area contributed by atoms with Gasteiger partial charge in [0.25, 0.3) is 5.56 Å². The lowest BCUT2D eigenvalue weighted by Gasteiger charge is -2.06. The number of hydrogen-bond donors (Lipinski definition) is 1. The summed E-state index contributed by atoms with van der Waals surface area (Å²) >= 11 is 3.34. The van der Waals surface area contributed by atoms with Gasteiger partial charge < -0.3 is 5.73 Å². The van der Waals surface area contributed by atoms with Gasteiger partial charge >= 0.3 is 0 Å². The Kier molecular flexibility index (Phi) is 3.23. The van der Waals surface area contributed by atoms with Gasteiger partial charge in [-0.2, -0.15) is 0 Å². The zero-order chi connectivity index (χ0) is 14.1. The van der Waals surface area contributed by atoms with Gasteiger partial charge in [0, 0.05) is 10.2 Å². The van der Waals surface area contributed by atoms with Crippen molar-refractivity contribution in [3.63, 3.8) is 0 Å². The molecule has 0 bridgehead atoms. The van der Waals surface area contributed by atoms with Crippen molar-refractivity contribution in [1.29, 1.82) is 0 Å². The molecular weight excluding hydrogens is 320 g/mol. The molecular formula is C14H11BrN4O. The summed E-state index contributed by atoms with van der Waals surface area (Å²) in [5.74, 6) is 0. The second kappa shape index (κ2) is 5.05. The molecule has 0 saturated carbocycles. The fourth-order valence-corrected chi connectivity index (χ4v) is 2.24. The molecule has 6 heteroatoms. The van der Waals surface area contributed by atoms with Crippen LogP contribution in [-0.4, -0.2) is 15.0 Å². The Morgan fingerprint density at radius 3 is 2.80 bits per heavy atom. The van der Waals surface area contributed by atoms with Crippen LogP contribution in [-0.2, 0) is 6.54 Å². The highest BCUT2D eigenvalue weighted by Gasteiger charge is 2.06. The van der Waals surface area contributed by atoms with Gasteiger partial charge in [0.1, 0.15) is 5.52 Å². The average molecular weight is 331 g/mol. The van der Waals surface area contributed by atoms with Gasteiger partial charge in [0.05, 0.1) is 11.9 Å². The third-order valence-corrected chi connectivity index (χ3v) is 3.74. The van der Waals surface area contributed by atoms with Crippen molar-refractivity contribution < 1.29 is 0 Å². The lowest BCUT2D eigenvalue weighted by atomic mass is 10.2. The van der Waals surface area contributed by atoms with Gasteiger partial charge in [0.2, 0.25) is 0 Å². The topological polar surface area (TPSA) is 73.8 Å². The number of hydrogen-bond acceptors (Lipinski definition) is 4. The van der Waals surface area contributed by atoms with Crippen LogP contribution in [0.2, 0.25) is 0 Å². The number of fused-ring (bicyclic) bond motifs is 1. The smallest absolute Gasteiger partial charge is 0.277 e. The van der Waals surface area contributed by atoms with E-state index in [1.165, 1.54) is 4.68 Å². The van der Waals surface area contributed by atoms with Crippen molar-refractivity contribution in [2.75, 3.05) is 5.73 Å². The molecule has 0 atom stereocenters. The number of aromatic nitrogens is 3. The molecule has 0 fully saturated rings. The summed E-state index contributed by atoms with van der Waals surface area (Å²) in [5.41, 5.74) is 7.81. The molecule has 3 aromatic rings. The molecule has 0 aliphatic carbocycles. The third kappa shape index (κ3) is 2.30. The summed E-state index contributed by atoms with van der Waals surface area (Å²) in [6, 6.07) is 12.7. The maximum absolute atomic E-state index is 12.3. The molecule has 5 nitrogen and oxygen atoms in total. The Hall–Kier alpha value is -2.21. The second-order valence-electron chi connectivity index (χ2n) is 4.43. The summed E-state index contributed by atoms with van der Waals surface area (Å²) in [6.45, 7) is 0.341. The van der Waals surface area contributed by atoms with Gasteiger partial charge in [-0.15, -0.1) is 5.10 Å². The Balaban J connectivity index is 2.04. The summed E-state index contributed by atoms with van der Waals surface area (Å²) in [6.07, 6.45) is 0. The van der Waals surface area contributed by atoms with Gasteiger partial charge in [0.15, 0.2) is 0 Å². The van der Waals surface area contributed by atoms with E-state index < -0.39 is 0 Å². The van der Waals surface area contributed by atoms with Crippen LogP contribution in [0.15, 0.2) is 51.7 Å².